The lowest BCUT2D eigenvalue weighted by atomic mass is 9.71. The van der Waals surface area contributed by atoms with Crippen molar-refractivity contribution in [2.24, 2.45) is 0 Å². The third-order valence-electron chi connectivity index (χ3n) is 7.70. The highest BCUT2D eigenvalue weighted by Crippen LogP contribution is 2.51. The van der Waals surface area contributed by atoms with Gasteiger partial charge >= 0.3 is 0 Å². The second kappa shape index (κ2) is 12.0. The number of carbonyl (C=O) groups is 2. The molecule has 206 valence electrons. The molecule has 0 radical (unpaired) electrons. The summed E-state index contributed by atoms with van der Waals surface area (Å²) in [6.07, 6.45) is 5.02. The molecule has 39 heavy (non-hydrogen) atoms. The van der Waals surface area contributed by atoms with E-state index >= 15 is 0 Å². The maximum absolute atomic E-state index is 13.5. The Bertz CT molecular complexity index is 1290. The number of hydrogen-bond acceptors (Lipinski definition) is 6. The van der Waals surface area contributed by atoms with Crippen molar-refractivity contribution in [3.8, 4) is 11.5 Å². The third-order valence-corrected chi connectivity index (χ3v) is 8.29. The van der Waals surface area contributed by atoms with Gasteiger partial charge in [0.2, 0.25) is 0 Å². The van der Waals surface area contributed by atoms with Gasteiger partial charge in [-0.1, -0.05) is 12.1 Å². The fourth-order valence-corrected chi connectivity index (χ4v) is 6.54. The molecule has 6 nitrogen and oxygen atoms in total. The zero-order chi connectivity index (χ0) is 27.5. The highest BCUT2D eigenvalue weighted by Gasteiger charge is 2.43. The van der Waals surface area contributed by atoms with Crippen LogP contribution in [0.4, 0.5) is 4.39 Å². The van der Waals surface area contributed by atoms with Crippen LogP contribution in [0.2, 0.25) is 0 Å². The van der Waals surface area contributed by atoms with Crippen molar-refractivity contribution in [1.29, 1.82) is 0 Å². The van der Waals surface area contributed by atoms with E-state index in [4.69, 9.17) is 14.2 Å². The predicted molar refractivity (Wildman–Crippen MR) is 149 cm³/mol. The molecular formula is C31H33BrFNO5. The summed E-state index contributed by atoms with van der Waals surface area (Å²) in [4.78, 5) is 29.3. The fourth-order valence-electron chi connectivity index (χ4n) is 5.97. The SMILES string of the molecule is COCCCN1C2=C(C(=O)CCC2)C(c2cc(Br)c(OCc3ccc(F)cc3)c(OC)c2)C2=C1CCCC2=O. The molecule has 0 aromatic heterocycles. The van der Waals surface area contributed by atoms with Crippen molar-refractivity contribution in [3.05, 3.63) is 80.4 Å². The lowest BCUT2D eigenvalue weighted by Crippen LogP contribution is -2.39. The molecule has 3 aliphatic rings. The van der Waals surface area contributed by atoms with E-state index in [1.807, 2.05) is 12.1 Å². The number of hydrogen-bond donors (Lipinski definition) is 0. The zero-order valence-corrected chi connectivity index (χ0v) is 23.9. The Morgan fingerprint density at radius 1 is 0.949 bits per heavy atom. The smallest absolute Gasteiger partial charge is 0.175 e. The number of rotatable bonds is 9. The number of methoxy groups -OCH3 is 2. The van der Waals surface area contributed by atoms with Gasteiger partial charge in [0.1, 0.15) is 12.4 Å². The van der Waals surface area contributed by atoms with Gasteiger partial charge in [0, 0.05) is 61.6 Å². The van der Waals surface area contributed by atoms with Gasteiger partial charge in [0.25, 0.3) is 0 Å². The molecule has 0 bridgehead atoms. The number of nitrogens with zero attached hydrogens (tertiary/aromatic N) is 1. The number of carbonyl (C=O) groups excluding carboxylic acids is 2. The topological polar surface area (TPSA) is 65.1 Å². The summed E-state index contributed by atoms with van der Waals surface area (Å²) < 4.78 is 31.1. The van der Waals surface area contributed by atoms with Crippen molar-refractivity contribution >= 4 is 27.5 Å². The Labute approximate surface area is 236 Å². The van der Waals surface area contributed by atoms with Crippen molar-refractivity contribution in [1.82, 2.24) is 4.90 Å². The predicted octanol–water partition coefficient (Wildman–Crippen LogP) is 6.63. The molecule has 8 heteroatoms. The van der Waals surface area contributed by atoms with Gasteiger partial charge in [-0.15, -0.1) is 0 Å². The van der Waals surface area contributed by atoms with Gasteiger partial charge < -0.3 is 19.1 Å². The van der Waals surface area contributed by atoms with Crippen LogP contribution in [-0.4, -0.2) is 43.8 Å². The molecule has 0 fully saturated rings. The first-order valence-corrected chi connectivity index (χ1v) is 14.3. The van der Waals surface area contributed by atoms with Crippen LogP contribution < -0.4 is 9.47 Å². The van der Waals surface area contributed by atoms with Crippen LogP contribution in [-0.2, 0) is 20.9 Å². The second-order valence-corrected chi connectivity index (χ2v) is 11.0. The highest BCUT2D eigenvalue weighted by atomic mass is 79.9. The minimum Gasteiger partial charge on any atom is -0.493 e. The van der Waals surface area contributed by atoms with Crippen molar-refractivity contribution in [3.63, 3.8) is 0 Å². The quantitative estimate of drug-likeness (QED) is 0.302. The minimum absolute atomic E-state index is 0.106. The van der Waals surface area contributed by atoms with E-state index in [1.165, 1.54) is 12.1 Å². The zero-order valence-electron chi connectivity index (χ0n) is 22.4. The average Bonchev–Trinajstić information content (AvgIpc) is 2.93. The molecule has 1 heterocycles. The monoisotopic (exact) mass is 597 g/mol. The molecule has 0 saturated heterocycles. The lowest BCUT2D eigenvalue weighted by molar-refractivity contribution is -0.117. The van der Waals surface area contributed by atoms with Crippen molar-refractivity contribution in [2.75, 3.05) is 27.4 Å². The van der Waals surface area contributed by atoms with Crippen LogP contribution in [0.15, 0.2) is 63.4 Å². The molecule has 0 amide bonds. The third kappa shape index (κ3) is 5.54. The van der Waals surface area contributed by atoms with Crippen LogP contribution in [0.1, 0.15) is 62.0 Å². The van der Waals surface area contributed by atoms with Gasteiger partial charge in [-0.3, -0.25) is 9.59 Å². The summed E-state index contributed by atoms with van der Waals surface area (Å²) in [6.45, 7) is 1.58. The number of allylic oxidation sites excluding steroid dienone is 4. The van der Waals surface area contributed by atoms with Crippen LogP contribution in [0.5, 0.6) is 11.5 Å². The van der Waals surface area contributed by atoms with Gasteiger partial charge in [-0.2, -0.15) is 0 Å². The molecule has 2 aromatic rings. The molecule has 2 aromatic carbocycles. The number of Topliss-reactive ketones (excluding diaryl/α,β-unsaturated/α-hetero) is 2. The molecule has 0 saturated carbocycles. The van der Waals surface area contributed by atoms with Crippen LogP contribution in [0.25, 0.3) is 0 Å². The van der Waals surface area contributed by atoms with Gasteiger partial charge in [0.05, 0.1) is 11.6 Å². The largest absolute Gasteiger partial charge is 0.493 e. The van der Waals surface area contributed by atoms with Crippen LogP contribution in [0.3, 0.4) is 0 Å². The minimum atomic E-state index is -0.439. The standard InChI is InChI=1S/C31H33BrFNO5/c1-37-15-5-14-34-23-6-3-8-25(35)29(23)28(30-24(34)7-4-9-26(30)36)20-16-22(32)31(27(17-20)38-2)39-18-19-10-12-21(33)13-11-19/h10-13,16-17,28H,3-9,14-15,18H2,1-2H3. The molecule has 0 spiro atoms. The molecule has 0 atom stereocenters. The average molecular weight is 599 g/mol. The summed E-state index contributed by atoms with van der Waals surface area (Å²) in [5.41, 5.74) is 5.22. The van der Waals surface area contributed by atoms with E-state index in [-0.39, 0.29) is 24.0 Å². The van der Waals surface area contributed by atoms with E-state index < -0.39 is 5.92 Å². The Balaban J connectivity index is 1.57. The van der Waals surface area contributed by atoms with E-state index in [0.717, 1.165) is 72.3 Å². The van der Waals surface area contributed by atoms with Gasteiger partial charge in [0.15, 0.2) is 23.1 Å². The van der Waals surface area contributed by atoms with E-state index in [0.29, 0.717) is 35.4 Å². The first-order chi connectivity index (χ1) is 18.9. The lowest BCUT2D eigenvalue weighted by Gasteiger charge is -2.44. The highest BCUT2D eigenvalue weighted by molar-refractivity contribution is 9.10. The number of halogens is 2. The first-order valence-electron chi connectivity index (χ1n) is 13.5. The number of ketones is 2. The summed E-state index contributed by atoms with van der Waals surface area (Å²) >= 11 is 3.66. The molecular weight excluding hydrogens is 565 g/mol. The van der Waals surface area contributed by atoms with Crippen molar-refractivity contribution in [2.45, 2.75) is 57.5 Å². The second-order valence-electron chi connectivity index (χ2n) is 10.2. The number of benzene rings is 2. The molecule has 2 aliphatic carbocycles. The summed E-state index contributed by atoms with van der Waals surface area (Å²) in [5.74, 6) is 0.481. The summed E-state index contributed by atoms with van der Waals surface area (Å²) in [7, 11) is 3.26. The van der Waals surface area contributed by atoms with E-state index in [2.05, 4.69) is 20.8 Å². The number of ether oxygens (including phenoxy) is 3. The first kappa shape index (κ1) is 27.6. The summed E-state index contributed by atoms with van der Waals surface area (Å²) in [6, 6.07) is 9.97. The van der Waals surface area contributed by atoms with Gasteiger partial charge in [-0.05, 0) is 83.4 Å². The normalized spacial score (nSPS) is 17.9. The maximum atomic E-state index is 13.5. The Morgan fingerprint density at radius 3 is 2.18 bits per heavy atom. The molecule has 5 rings (SSSR count). The Kier molecular flexibility index (Phi) is 8.52. The summed E-state index contributed by atoms with van der Waals surface area (Å²) in [5, 5.41) is 0. The maximum Gasteiger partial charge on any atom is 0.175 e. The Morgan fingerprint density at radius 2 is 1.59 bits per heavy atom. The Hall–Kier alpha value is -2.97. The molecule has 0 unspecified atom stereocenters. The molecule has 0 N–H and O–H groups in total. The van der Waals surface area contributed by atoms with E-state index in [9.17, 15) is 14.0 Å². The fraction of sp³-hybridized carbons (Fsp3) is 0.419. The van der Waals surface area contributed by atoms with Crippen LogP contribution in [0, 0.1) is 5.82 Å². The van der Waals surface area contributed by atoms with E-state index in [1.54, 1.807) is 26.4 Å². The van der Waals surface area contributed by atoms with Crippen LogP contribution >= 0.6 is 15.9 Å². The van der Waals surface area contributed by atoms with Crippen molar-refractivity contribution < 1.29 is 28.2 Å². The molecule has 1 aliphatic heterocycles. The van der Waals surface area contributed by atoms with Gasteiger partial charge in [-0.25, -0.2) is 4.39 Å².